The van der Waals surface area contributed by atoms with Crippen molar-refractivity contribution in [1.29, 1.82) is 0 Å². The van der Waals surface area contributed by atoms with Crippen molar-refractivity contribution < 1.29 is 19.8 Å². The van der Waals surface area contributed by atoms with Crippen molar-refractivity contribution in [3.8, 4) is 0 Å². The molecule has 2 bridgehead atoms. The average molecular weight is 312 g/mol. The lowest BCUT2D eigenvalue weighted by molar-refractivity contribution is -0.139. The third-order valence-electron chi connectivity index (χ3n) is 5.73. The second kappa shape index (κ2) is 6.96. The Morgan fingerprint density at radius 2 is 1.95 bits per heavy atom. The van der Waals surface area contributed by atoms with E-state index in [2.05, 4.69) is 12.2 Å². The quantitative estimate of drug-likeness (QED) is 0.553. The number of hydrogen-bond donors (Lipinski definition) is 4. The van der Waals surface area contributed by atoms with E-state index in [-0.39, 0.29) is 0 Å². The summed E-state index contributed by atoms with van der Waals surface area (Å²) in [5, 5.41) is 21.7. The van der Waals surface area contributed by atoms with Gasteiger partial charge in [-0.15, -0.1) is 0 Å². The van der Waals surface area contributed by atoms with Crippen LogP contribution in [0.4, 0.5) is 0 Å². The van der Waals surface area contributed by atoms with Crippen LogP contribution in [0.3, 0.4) is 0 Å². The van der Waals surface area contributed by atoms with Gasteiger partial charge in [-0.3, -0.25) is 9.59 Å². The molecule has 6 heteroatoms. The van der Waals surface area contributed by atoms with Crippen molar-refractivity contribution in [3.63, 3.8) is 0 Å². The van der Waals surface area contributed by atoms with Crippen LogP contribution in [0.1, 0.15) is 46.0 Å². The SMILES string of the molecule is C[C@@H]1C2CCC(C2)[C@@H]1C[C@@H](O)[C@@H](C)NC(=O)[C@@H](N)CC(=O)O. The minimum absolute atomic E-state index is 0.405. The van der Waals surface area contributed by atoms with Crippen molar-refractivity contribution in [1.82, 2.24) is 5.32 Å². The predicted molar refractivity (Wildman–Crippen MR) is 81.9 cm³/mol. The fraction of sp³-hybridized carbons (Fsp3) is 0.875. The number of nitrogens with two attached hydrogens (primary N) is 1. The number of rotatable bonds is 7. The lowest BCUT2D eigenvalue weighted by Crippen LogP contribution is -2.49. The van der Waals surface area contributed by atoms with Gasteiger partial charge >= 0.3 is 5.97 Å². The molecule has 2 aliphatic rings. The zero-order valence-electron chi connectivity index (χ0n) is 13.4. The lowest BCUT2D eigenvalue weighted by Gasteiger charge is -2.32. The molecule has 0 aromatic heterocycles. The summed E-state index contributed by atoms with van der Waals surface area (Å²) in [6.07, 6.45) is 3.53. The molecule has 7 atom stereocenters. The standard InChI is InChI=1S/C16H28N2O4/c1-8-10-3-4-11(5-10)12(8)6-14(19)9(2)18-16(22)13(17)7-15(20)21/h8-14,19H,3-7,17H2,1-2H3,(H,18,22)(H,20,21)/t8-,9-,10?,11?,12-,13+,14-/m1/s1. The molecule has 0 aliphatic heterocycles. The number of aliphatic hydroxyl groups excluding tert-OH is 1. The summed E-state index contributed by atoms with van der Waals surface area (Å²) in [7, 11) is 0. The van der Waals surface area contributed by atoms with Crippen molar-refractivity contribution in [2.24, 2.45) is 29.4 Å². The molecule has 0 saturated heterocycles. The van der Waals surface area contributed by atoms with Gasteiger partial charge in [0.2, 0.25) is 5.91 Å². The number of nitrogens with one attached hydrogen (secondary N) is 1. The molecule has 2 unspecified atom stereocenters. The molecule has 0 radical (unpaired) electrons. The van der Waals surface area contributed by atoms with Gasteiger partial charge in [0.05, 0.1) is 24.6 Å². The summed E-state index contributed by atoms with van der Waals surface area (Å²) < 4.78 is 0. The van der Waals surface area contributed by atoms with Crippen LogP contribution in [0.5, 0.6) is 0 Å². The number of aliphatic hydroxyl groups is 1. The summed E-state index contributed by atoms with van der Waals surface area (Å²) in [6, 6.07) is -1.49. The molecule has 126 valence electrons. The van der Waals surface area contributed by atoms with Gasteiger partial charge in [0, 0.05) is 0 Å². The van der Waals surface area contributed by atoms with E-state index in [0.717, 1.165) is 5.92 Å². The minimum atomic E-state index is -1.10. The summed E-state index contributed by atoms with van der Waals surface area (Å²) in [5.41, 5.74) is 5.53. The Kier molecular flexibility index (Phi) is 5.45. The summed E-state index contributed by atoms with van der Waals surface area (Å²) in [6.45, 7) is 4.02. The average Bonchev–Trinajstić information content (AvgIpc) is 3.01. The number of carbonyl (C=O) groups excluding carboxylic acids is 1. The maximum absolute atomic E-state index is 11.8. The van der Waals surface area contributed by atoms with Crippen LogP contribution in [0.2, 0.25) is 0 Å². The third kappa shape index (κ3) is 3.79. The predicted octanol–water partition coefficient (Wildman–Crippen LogP) is 0.726. The maximum Gasteiger partial charge on any atom is 0.305 e. The number of fused-ring (bicyclic) bond motifs is 2. The van der Waals surface area contributed by atoms with E-state index in [1.165, 1.54) is 19.3 Å². The largest absolute Gasteiger partial charge is 0.481 e. The van der Waals surface area contributed by atoms with Gasteiger partial charge in [-0.1, -0.05) is 6.92 Å². The Bertz CT molecular complexity index is 426. The molecule has 2 saturated carbocycles. The van der Waals surface area contributed by atoms with E-state index in [1.54, 1.807) is 6.92 Å². The van der Waals surface area contributed by atoms with Crippen LogP contribution in [0, 0.1) is 23.7 Å². The summed E-state index contributed by atoms with van der Waals surface area (Å²) in [5.74, 6) is 1.07. The molecule has 22 heavy (non-hydrogen) atoms. The Labute approximate surface area is 131 Å². The summed E-state index contributed by atoms with van der Waals surface area (Å²) >= 11 is 0. The molecule has 1 amide bonds. The van der Waals surface area contributed by atoms with E-state index in [4.69, 9.17) is 10.8 Å². The summed E-state index contributed by atoms with van der Waals surface area (Å²) in [4.78, 5) is 22.4. The second-order valence-electron chi connectivity index (χ2n) is 7.16. The normalized spacial score (nSPS) is 34.2. The second-order valence-corrected chi connectivity index (χ2v) is 7.16. The van der Waals surface area contributed by atoms with Crippen molar-refractivity contribution in [2.75, 3.05) is 0 Å². The number of amides is 1. The maximum atomic E-state index is 11.8. The van der Waals surface area contributed by atoms with Gasteiger partial charge in [0.1, 0.15) is 0 Å². The smallest absolute Gasteiger partial charge is 0.305 e. The van der Waals surface area contributed by atoms with E-state index in [0.29, 0.717) is 24.2 Å². The zero-order valence-corrected chi connectivity index (χ0v) is 13.4. The Morgan fingerprint density at radius 3 is 2.50 bits per heavy atom. The number of aliphatic carboxylic acids is 1. The molecule has 2 aliphatic carbocycles. The van der Waals surface area contributed by atoms with E-state index >= 15 is 0 Å². The minimum Gasteiger partial charge on any atom is -0.481 e. The van der Waals surface area contributed by atoms with Crippen LogP contribution in [0.15, 0.2) is 0 Å². The van der Waals surface area contributed by atoms with Gasteiger partial charge in [-0.2, -0.15) is 0 Å². The molecule has 6 nitrogen and oxygen atoms in total. The van der Waals surface area contributed by atoms with E-state index in [9.17, 15) is 14.7 Å². The molecule has 2 rings (SSSR count). The first-order chi connectivity index (χ1) is 10.3. The third-order valence-corrected chi connectivity index (χ3v) is 5.73. The molecule has 2 fully saturated rings. The fourth-order valence-corrected chi connectivity index (χ4v) is 4.30. The highest BCUT2D eigenvalue weighted by Gasteiger charge is 2.45. The number of carboxylic acids is 1. The lowest BCUT2D eigenvalue weighted by atomic mass is 9.77. The number of hydrogen-bond acceptors (Lipinski definition) is 4. The van der Waals surface area contributed by atoms with Gasteiger partial charge in [-0.05, 0) is 56.3 Å². The van der Waals surface area contributed by atoms with Crippen molar-refractivity contribution in [2.45, 2.75) is 64.1 Å². The Morgan fingerprint density at radius 1 is 1.32 bits per heavy atom. The number of carboxylic acid groups (broad SMARTS) is 1. The topological polar surface area (TPSA) is 113 Å². The van der Waals surface area contributed by atoms with Crippen LogP contribution >= 0.6 is 0 Å². The van der Waals surface area contributed by atoms with Gasteiger partial charge in [0.15, 0.2) is 0 Å². The Balaban J connectivity index is 1.81. The highest BCUT2D eigenvalue weighted by atomic mass is 16.4. The van der Waals surface area contributed by atoms with Crippen molar-refractivity contribution in [3.05, 3.63) is 0 Å². The van der Waals surface area contributed by atoms with Crippen LogP contribution < -0.4 is 11.1 Å². The number of carbonyl (C=O) groups is 2. The highest BCUT2D eigenvalue weighted by molar-refractivity contribution is 5.86. The van der Waals surface area contributed by atoms with E-state index < -0.39 is 36.5 Å². The highest BCUT2D eigenvalue weighted by Crippen LogP contribution is 2.53. The molecular formula is C16H28N2O4. The first kappa shape index (κ1) is 17.2. The van der Waals surface area contributed by atoms with Crippen LogP contribution in [-0.4, -0.2) is 40.3 Å². The van der Waals surface area contributed by atoms with Crippen molar-refractivity contribution >= 4 is 11.9 Å². The molecule has 0 aromatic carbocycles. The molecule has 0 heterocycles. The van der Waals surface area contributed by atoms with Crippen LogP contribution in [-0.2, 0) is 9.59 Å². The van der Waals surface area contributed by atoms with E-state index in [1.807, 2.05) is 0 Å². The monoisotopic (exact) mass is 312 g/mol. The Hall–Kier alpha value is -1.14. The molecular weight excluding hydrogens is 284 g/mol. The molecule has 5 N–H and O–H groups in total. The molecule has 0 aromatic rings. The first-order valence-corrected chi connectivity index (χ1v) is 8.25. The molecule has 0 spiro atoms. The van der Waals surface area contributed by atoms with Gasteiger partial charge in [-0.25, -0.2) is 0 Å². The zero-order chi connectivity index (χ0) is 16.4. The van der Waals surface area contributed by atoms with Gasteiger partial charge in [0.25, 0.3) is 0 Å². The first-order valence-electron chi connectivity index (χ1n) is 8.25. The van der Waals surface area contributed by atoms with Gasteiger partial charge < -0.3 is 21.3 Å². The fourth-order valence-electron chi connectivity index (χ4n) is 4.30. The van der Waals surface area contributed by atoms with Crippen LogP contribution in [0.25, 0.3) is 0 Å².